The molecular weight excluding hydrogens is 470 g/mol. The van der Waals surface area contributed by atoms with E-state index in [0.29, 0.717) is 50.9 Å². The lowest BCUT2D eigenvalue weighted by Gasteiger charge is -2.21. The summed E-state index contributed by atoms with van der Waals surface area (Å²) in [6.07, 6.45) is 1.57. The number of pyridine rings is 1. The van der Waals surface area contributed by atoms with Crippen LogP contribution in [0.15, 0.2) is 70.1 Å². The minimum Gasteiger partial charge on any atom is -0.398 e. The Labute approximate surface area is 211 Å². The molecule has 0 bridgehead atoms. The zero-order valence-corrected chi connectivity index (χ0v) is 20.1. The van der Waals surface area contributed by atoms with E-state index in [-0.39, 0.29) is 18.1 Å². The SMILES string of the molecule is Cc1noc(-c2c(N)ccnc2N[C@@H](C)c2nc3cccc(C#CCO)c3c(=O)n2-c2ccccc2)n1. The van der Waals surface area contributed by atoms with Gasteiger partial charge in [0, 0.05) is 17.4 Å². The van der Waals surface area contributed by atoms with Crippen LogP contribution in [0.1, 0.15) is 30.2 Å². The van der Waals surface area contributed by atoms with Crippen LogP contribution in [0.3, 0.4) is 0 Å². The van der Waals surface area contributed by atoms with Gasteiger partial charge in [-0.2, -0.15) is 4.98 Å². The first-order valence-corrected chi connectivity index (χ1v) is 11.5. The molecule has 2 aromatic carbocycles. The number of fused-ring (bicyclic) bond motifs is 1. The predicted molar refractivity (Wildman–Crippen MR) is 140 cm³/mol. The number of anilines is 2. The average Bonchev–Trinajstić information content (AvgIpc) is 3.33. The van der Waals surface area contributed by atoms with E-state index in [0.717, 1.165) is 0 Å². The number of aliphatic hydroxyl groups excluding tert-OH is 1. The van der Waals surface area contributed by atoms with Gasteiger partial charge in [-0.1, -0.05) is 41.3 Å². The summed E-state index contributed by atoms with van der Waals surface area (Å²) in [7, 11) is 0. The Morgan fingerprint density at radius 1 is 1.14 bits per heavy atom. The molecule has 10 nitrogen and oxygen atoms in total. The smallest absolute Gasteiger partial charge is 0.267 e. The molecule has 37 heavy (non-hydrogen) atoms. The third kappa shape index (κ3) is 4.51. The maximum absolute atomic E-state index is 13.9. The van der Waals surface area contributed by atoms with Crippen molar-refractivity contribution in [2.24, 2.45) is 0 Å². The molecule has 5 aromatic rings. The maximum atomic E-state index is 13.9. The van der Waals surface area contributed by atoms with Gasteiger partial charge in [0.15, 0.2) is 5.82 Å². The first-order chi connectivity index (χ1) is 18.0. The summed E-state index contributed by atoms with van der Waals surface area (Å²) in [6.45, 7) is 3.27. The highest BCUT2D eigenvalue weighted by molar-refractivity contribution is 5.85. The molecule has 0 amide bonds. The molecule has 0 spiro atoms. The third-order valence-corrected chi connectivity index (χ3v) is 5.71. The number of nitrogen functional groups attached to an aromatic ring is 1. The van der Waals surface area contributed by atoms with E-state index in [4.69, 9.17) is 15.2 Å². The van der Waals surface area contributed by atoms with Gasteiger partial charge in [-0.05, 0) is 44.2 Å². The Hall–Kier alpha value is -5.01. The summed E-state index contributed by atoms with van der Waals surface area (Å²) >= 11 is 0. The van der Waals surface area contributed by atoms with Crippen LogP contribution in [-0.2, 0) is 0 Å². The first-order valence-electron chi connectivity index (χ1n) is 11.5. The molecule has 0 aliphatic carbocycles. The highest BCUT2D eigenvalue weighted by Gasteiger charge is 2.23. The Kier molecular flexibility index (Phi) is 6.36. The van der Waals surface area contributed by atoms with Crippen molar-refractivity contribution in [1.82, 2.24) is 24.7 Å². The standard InChI is InChI=1S/C27H23N7O3/c1-16(30-24-23(20(28)13-14-29-24)26-31-17(2)33-37-26)25-32-21-12-6-8-18(9-7-15-35)22(21)27(36)34(25)19-10-4-3-5-11-19/h3-6,8,10-14,16,35H,15H2,1-2H3,(H3,28,29,30)/t16-/m0/s1. The van der Waals surface area contributed by atoms with Crippen molar-refractivity contribution in [3.05, 3.63) is 88.4 Å². The van der Waals surface area contributed by atoms with Crippen molar-refractivity contribution < 1.29 is 9.63 Å². The van der Waals surface area contributed by atoms with E-state index in [1.807, 2.05) is 37.3 Å². The first kappa shape index (κ1) is 23.7. The normalized spacial score (nSPS) is 11.6. The summed E-state index contributed by atoms with van der Waals surface area (Å²) in [4.78, 5) is 27.5. The van der Waals surface area contributed by atoms with Gasteiger partial charge in [-0.15, -0.1) is 0 Å². The number of nitrogens with one attached hydrogen (secondary N) is 1. The van der Waals surface area contributed by atoms with Gasteiger partial charge in [0.05, 0.1) is 22.6 Å². The molecule has 0 aliphatic heterocycles. The lowest BCUT2D eigenvalue weighted by atomic mass is 10.1. The van der Waals surface area contributed by atoms with E-state index >= 15 is 0 Å². The van der Waals surface area contributed by atoms with E-state index in [2.05, 4.69) is 32.3 Å². The van der Waals surface area contributed by atoms with Crippen molar-refractivity contribution in [1.29, 1.82) is 0 Å². The van der Waals surface area contributed by atoms with Crippen molar-refractivity contribution in [2.45, 2.75) is 19.9 Å². The van der Waals surface area contributed by atoms with Gasteiger partial charge in [0.25, 0.3) is 11.4 Å². The number of aliphatic hydroxyl groups is 1. The van der Waals surface area contributed by atoms with Gasteiger partial charge in [0.2, 0.25) is 0 Å². The van der Waals surface area contributed by atoms with Gasteiger partial charge in [0.1, 0.15) is 23.8 Å². The van der Waals surface area contributed by atoms with Gasteiger partial charge in [-0.3, -0.25) is 9.36 Å². The Balaban J connectivity index is 1.69. The van der Waals surface area contributed by atoms with E-state index < -0.39 is 6.04 Å². The molecule has 0 fully saturated rings. The fourth-order valence-electron chi connectivity index (χ4n) is 4.08. The zero-order chi connectivity index (χ0) is 25.9. The summed E-state index contributed by atoms with van der Waals surface area (Å²) in [5, 5.41) is 16.7. The number of hydrogen-bond acceptors (Lipinski definition) is 9. The molecule has 184 valence electrons. The highest BCUT2D eigenvalue weighted by atomic mass is 16.5. The van der Waals surface area contributed by atoms with Crippen LogP contribution in [0.2, 0.25) is 0 Å². The van der Waals surface area contributed by atoms with Gasteiger partial charge >= 0.3 is 0 Å². The number of benzene rings is 2. The second-order valence-electron chi connectivity index (χ2n) is 8.24. The van der Waals surface area contributed by atoms with Crippen molar-refractivity contribution in [3.63, 3.8) is 0 Å². The summed E-state index contributed by atoms with van der Waals surface area (Å²) in [5.74, 6) is 7.04. The molecule has 0 unspecified atom stereocenters. The molecule has 0 radical (unpaired) electrons. The summed E-state index contributed by atoms with van der Waals surface area (Å²) < 4.78 is 6.90. The predicted octanol–water partition coefficient (Wildman–Crippen LogP) is 3.24. The Bertz CT molecular complexity index is 1720. The summed E-state index contributed by atoms with van der Waals surface area (Å²) in [5.41, 5.74) is 8.46. The molecule has 1 atom stereocenters. The number of nitrogens with zero attached hydrogens (tertiary/aromatic N) is 5. The fraction of sp³-hybridized carbons (Fsp3) is 0.148. The Morgan fingerprint density at radius 3 is 2.68 bits per heavy atom. The summed E-state index contributed by atoms with van der Waals surface area (Å²) in [6, 6.07) is 15.7. The van der Waals surface area contributed by atoms with Crippen molar-refractivity contribution >= 4 is 22.4 Å². The number of para-hydroxylation sites is 1. The molecule has 0 aliphatic rings. The number of aryl methyl sites for hydroxylation is 1. The highest BCUT2D eigenvalue weighted by Crippen LogP contribution is 2.33. The quantitative estimate of drug-likeness (QED) is 0.314. The average molecular weight is 494 g/mol. The lowest BCUT2D eigenvalue weighted by molar-refractivity contribution is 0.350. The van der Waals surface area contributed by atoms with Crippen LogP contribution in [0.4, 0.5) is 11.5 Å². The number of hydrogen-bond donors (Lipinski definition) is 3. The molecular formula is C27H23N7O3. The second-order valence-corrected chi connectivity index (χ2v) is 8.24. The molecule has 3 heterocycles. The molecule has 0 saturated heterocycles. The van der Waals surface area contributed by atoms with Gasteiger partial charge < -0.3 is 20.7 Å². The topological polar surface area (TPSA) is 145 Å². The largest absolute Gasteiger partial charge is 0.398 e. The van der Waals surface area contributed by atoms with Crippen molar-refractivity contribution in [2.75, 3.05) is 17.7 Å². The van der Waals surface area contributed by atoms with Crippen LogP contribution in [0.25, 0.3) is 28.0 Å². The van der Waals surface area contributed by atoms with Crippen LogP contribution in [-0.4, -0.2) is 36.4 Å². The van der Waals surface area contributed by atoms with E-state index in [1.54, 1.807) is 42.0 Å². The van der Waals surface area contributed by atoms with Gasteiger partial charge in [-0.25, -0.2) is 9.97 Å². The molecule has 0 saturated carbocycles. The van der Waals surface area contributed by atoms with E-state index in [1.165, 1.54) is 0 Å². The minimum absolute atomic E-state index is 0.233. The second kappa shape index (κ2) is 9.93. The number of aromatic nitrogens is 5. The van der Waals surface area contributed by atoms with Crippen LogP contribution >= 0.6 is 0 Å². The van der Waals surface area contributed by atoms with Crippen LogP contribution < -0.4 is 16.6 Å². The number of nitrogens with two attached hydrogens (primary N) is 1. The molecule has 5 rings (SSSR count). The van der Waals surface area contributed by atoms with Crippen LogP contribution in [0.5, 0.6) is 0 Å². The Morgan fingerprint density at radius 2 is 1.95 bits per heavy atom. The monoisotopic (exact) mass is 493 g/mol. The zero-order valence-electron chi connectivity index (χ0n) is 20.1. The third-order valence-electron chi connectivity index (χ3n) is 5.71. The van der Waals surface area contributed by atoms with E-state index in [9.17, 15) is 9.90 Å². The van der Waals surface area contributed by atoms with Crippen molar-refractivity contribution in [3.8, 4) is 29.0 Å². The lowest BCUT2D eigenvalue weighted by Crippen LogP contribution is -2.28. The molecule has 4 N–H and O–H groups in total. The fourth-order valence-corrected chi connectivity index (χ4v) is 4.08. The van der Waals surface area contributed by atoms with Crippen LogP contribution in [0, 0.1) is 18.8 Å². The number of rotatable bonds is 5. The molecule has 3 aromatic heterocycles. The maximum Gasteiger partial charge on any atom is 0.267 e. The minimum atomic E-state index is -0.499. The molecule has 10 heteroatoms.